The van der Waals surface area contributed by atoms with Crippen LogP contribution in [0.2, 0.25) is 0 Å². The molecule has 0 aliphatic carbocycles. The third-order valence-corrected chi connectivity index (χ3v) is 8.96. The average Bonchev–Trinajstić information content (AvgIpc) is 3.41. The monoisotopic (exact) mass is 1090 g/mol. The molecule has 0 unspecified atom stereocenters. The minimum Gasteiger partial charge on any atom is -0.382 e. The second-order valence-electron chi connectivity index (χ2n) is 15.1. The van der Waals surface area contributed by atoms with Gasteiger partial charge in [-0.25, -0.2) is 0 Å². The Labute approximate surface area is 443 Å². The number of hydrogen-bond acceptors (Lipinski definition) is 24. The van der Waals surface area contributed by atoms with Crippen molar-refractivity contribution in [1.29, 1.82) is 0 Å². The summed E-state index contributed by atoms with van der Waals surface area (Å²) in [5.74, 6) is 0. The van der Waals surface area contributed by atoms with Crippen molar-refractivity contribution in [1.82, 2.24) is 0 Å². The van der Waals surface area contributed by atoms with Gasteiger partial charge in [-0.3, -0.25) is 0 Å². The Bertz CT molecular complexity index is 884. The van der Waals surface area contributed by atoms with Crippen molar-refractivity contribution in [2.24, 2.45) is 0 Å². The molecule has 74 heavy (non-hydrogen) atoms. The summed E-state index contributed by atoms with van der Waals surface area (Å²) in [4.78, 5) is 0. The van der Waals surface area contributed by atoms with Crippen LogP contribution in [0.25, 0.3) is 0 Å². The molecule has 0 aliphatic heterocycles. The van der Waals surface area contributed by atoms with Gasteiger partial charge < -0.3 is 114 Å². The quantitative estimate of drug-likeness (QED) is 0.0786. The zero-order chi connectivity index (χ0) is 52.9. The molecule has 0 aromatic rings. The van der Waals surface area contributed by atoms with Crippen molar-refractivity contribution >= 4 is 0 Å². The standard InChI is InChI=1S/C50H102O24/c1-3-4-52-7-8-54-11-12-56-15-16-58-19-20-60-23-24-62-27-28-64-31-32-66-35-36-68-39-40-70-43-44-72-47-48-74-50-49-73-46-45-71-42-41-69-38-37-67-34-33-65-30-29-63-26-25-61-22-21-59-18-17-57-14-13-55-10-9-53-6-5-51-2/h3-50H2,1-2H3. The van der Waals surface area contributed by atoms with E-state index in [4.69, 9.17) is 114 Å². The maximum absolute atomic E-state index is 5.52. The Morgan fingerprint density at radius 3 is 0.284 bits per heavy atom. The zero-order valence-corrected chi connectivity index (χ0v) is 45.7. The number of ether oxygens (including phenoxy) is 24. The molecule has 0 spiro atoms. The molecule has 0 radical (unpaired) electrons. The van der Waals surface area contributed by atoms with Gasteiger partial charge >= 0.3 is 0 Å². The molecule has 0 fully saturated rings. The minimum atomic E-state index is 0.489. The molecule has 0 bridgehead atoms. The van der Waals surface area contributed by atoms with E-state index < -0.39 is 0 Å². The highest BCUT2D eigenvalue weighted by Crippen LogP contribution is 1.91. The van der Waals surface area contributed by atoms with Crippen LogP contribution in [-0.2, 0) is 114 Å². The van der Waals surface area contributed by atoms with E-state index in [-0.39, 0.29) is 0 Å². The van der Waals surface area contributed by atoms with Gasteiger partial charge in [-0.05, 0) is 6.42 Å². The molecule has 0 saturated carbocycles. The van der Waals surface area contributed by atoms with Gasteiger partial charge in [0.2, 0.25) is 0 Å². The van der Waals surface area contributed by atoms with Crippen LogP contribution in [0.1, 0.15) is 13.3 Å². The van der Waals surface area contributed by atoms with Crippen LogP contribution in [0.15, 0.2) is 0 Å². The molecule has 0 atom stereocenters. The van der Waals surface area contributed by atoms with Crippen LogP contribution in [0.3, 0.4) is 0 Å². The first-order chi connectivity index (χ1) is 36.9. The summed E-state index contributed by atoms with van der Waals surface area (Å²) in [5.41, 5.74) is 0. The molecule has 0 aliphatic rings. The molecule has 0 aromatic heterocycles. The number of rotatable bonds is 71. The summed E-state index contributed by atoms with van der Waals surface area (Å²) in [6.45, 7) is 26.4. The molecular formula is C50H102O24. The molecule has 0 aromatic carbocycles. The normalized spacial score (nSPS) is 11.8. The van der Waals surface area contributed by atoms with Crippen molar-refractivity contribution in [3.63, 3.8) is 0 Å². The summed E-state index contributed by atoms with van der Waals surface area (Å²) in [7, 11) is 1.64. The van der Waals surface area contributed by atoms with Crippen LogP contribution in [0.4, 0.5) is 0 Å². The van der Waals surface area contributed by atoms with E-state index in [0.717, 1.165) is 13.0 Å². The van der Waals surface area contributed by atoms with Gasteiger partial charge in [0.15, 0.2) is 0 Å². The van der Waals surface area contributed by atoms with Crippen LogP contribution < -0.4 is 0 Å². The Kier molecular flexibility index (Phi) is 71.1. The first-order valence-corrected chi connectivity index (χ1v) is 26.7. The molecule has 446 valence electrons. The molecular weight excluding hydrogens is 985 g/mol. The lowest BCUT2D eigenvalue weighted by atomic mass is 10.5. The predicted molar refractivity (Wildman–Crippen MR) is 271 cm³/mol. The molecule has 0 heterocycles. The van der Waals surface area contributed by atoms with Gasteiger partial charge in [0.05, 0.1) is 304 Å². The van der Waals surface area contributed by atoms with Gasteiger partial charge in [0, 0.05) is 13.7 Å². The summed E-state index contributed by atoms with van der Waals surface area (Å²) in [6, 6.07) is 0. The smallest absolute Gasteiger partial charge is 0.0701 e. The van der Waals surface area contributed by atoms with Crippen molar-refractivity contribution in [3.8, 4) is 0 Å². The molecule has 0 N–H and O–H groups in total. The summed E-state index contributed by atoms with van der Waals surface area (Å²) in [5, 5.41) is 0. The molecule has 0 amide bonds. The highest BCUT2D eigenvalue weighted by molar-refractivity contribution is 4.42. The van der Waals surface area contributed by atoms with Gasteiger partial charge in [0.25, 0.3) is 0 Å². The third-order valence-electron chi connectivity index (χ3n) is 8.96. The number of methoxy groups -OCH3 is 1. The summed E-state index contributed by atoms with van der Waals surface area (Å²) < 4.78 is 131. The largest absolute Gasteiger partial charge is 0.382 e. The fraction of sp³-hybridized carbons (Fsp3) is 1.00. The predicted octanol–water partition coefficient (Wildman–Crippen LogP) is 1.42. The summed E-state index contributed by atoms with van der Waals surface area (Å²) >= 11 is 0. The first kappa shape index (κ1) is 73.0. The SMILES string of the molecule is CCCOCCOCCOCCOCCOCCOCCOCCOCCOCCOCCOCCOCCOCCOCCOCCOCCOCCOCCOCCOCCOCCOCCOCCOC. The number of hydrogen-bond donors (Lipinski definition) is 0. The lowest BCUT2D eigenvalue weighted by Gasteiger charge is -2.09. The minimum absolute atomic E-state index is 0.489. The molecule has 24 heteroatoms. The second-order valence-corrected chi connectivity index (χ2v) is 15.1. The van der Waals surface area contributed by atoms with E-state index in [1.807, 2.05) is 0 Å². The maximum atomic E-state index is 5.52. The van der Waals surface area contributed by atoms with E-state index in [1.54, 1.807) is 7.11 Å². The zero-order valence-electron chi connectivity index (χ0n) is 45.7. The molecule has 0 saturated heterocycles. The van der Waals surface area contributed by atoms with Gasteiger partial charge in [-0.1, -0.05) is 6.92 Å². The van der Waals surface area contributed by atoms with E-state index >= 15 is 0 Å². The third kappa shape index (κ3) is 71.0. The Morgan fingerprint density at radius 1 is 0.122 bits per heavy atom. The van der Waals surface area contributed by atoms with Crippen molar-refractivity contribution in [3.05, 3.63) is 0 Å². The van der Waals surface area contributed by atoms with Gasteiger partial charge in [0.1, 0.15) is 0 Å². The molecule has 24 nitrogen and oxygen atoms in total. The van der Waals surface area contributed by atoms with Gasteiger partial charge in [-0.15, -0.1) is 0 Å². The van der Waals surface area contributed by atoms with Crippen molar-refractivity contribution in [2.75, 3.05) is 318 Å². The Hall–Kier alpha value is -0.960. The van der Waals surface area contributed by atoms with Crippen molar-refractivity contribution in [2.45, 2.75) is 13.3 Å². The van der Waals surface area contributed by atoms with Crippen LogP contribution in [0.5, 0.6) is 0 Å². The maximum Gasteiger partial charge on any atom is 0.0701 e. The van der Waals surface area contributed by atoms with E-state index in [1.165, 1.54) is 0 Å². The van der Waals surface area contributed by atoms with E-state index in [2.05, 4.69) is 6.92 Å². The first-order valence-electron chi connectivity index (χ1n) is 26.7. The van der Waals surface area contributed by atoms with Gasteiger partial charge in [-0.2, -0.15) is 0 Å². The highest BCUT2D eigenvalue weighted by Gasteiger charge is 2.00. The van der Waals surface area contributed by atoms with Crippen LogP contribution in [-0.4, -0.2) is 318 Å². The van der Waals surface area contributed by atoms with Crippen molar-refractivity contribution < 1.29 is 114 Å². The fourth-order valence-corrected chi connectivity index (χ4v) is 5.23. The lowest BCUT2D eigenvalue weighted by molar-refractivity contribution is -0.0319. The Morgan fingerprint density at radius 2 is 0.203 bits per heavy atom. The molecule has 0 rings (SSSR count). The second kappa shape index (κ2) is 72.0. The van der Waals surface area contributed by atoms with Crippen LogP contribution in [0, 0.1) is 0 Å². The fourth-order valence-electron chi connectivity index (χ4n) is 5.23. The van der Waals surface area contributed by atoms with Crippen LogP contribution >= 0.6 is 0 Å². The summed E-state index contributed by atoms with van der Waals surface area (Å²) in [6.07, 6.45) is 1.02. The highest BCUT2D eigenvalue weighted by atomic mass is 16.6. The van der Waals surface area contributed by atoms with E-state index in [9.17, 15) is 0 Å². The topological polar surface area (TPSA) is 222 Å². The van der Waals surface area contributed by atoms with E-state index in [0.29, 0.717) is 304 Å². The lowest BCUT2D eigenvalue weighted by Crippen LogP contribution is -2.16. The Balaban J connectivity index is 3.07. The average molecular weight is 1090 g/mol.